The van der Waals surface area contributed by atoms with Crippen LogP contribution in [0.25, 0.3) is 10.8 Å². The average molecular weight is 392 g/mol. The molecular weight excluding hydrogens is 378 g/mol. The number of fused-ring (bicyclic) bond motifs is 2. The zero-order valence-electron chi connectivity index (χ0n) is 13.4. The summed E-state index contributed by atoms with van der Waals surface area (Å²) in [7, 11) is -3.89. The fourth-order valence-electron chi connectivity index (χ4n) is 2.80. The molecule has 1 aliphatic rings. The smallest absolute Gasteiger partial charge is 0.262 e. The third-order valence-corrected chi connectivity index (χ3v) is 5.69. The van der Waals surface area contributed by atoms with Crippen LogP contribution < -0.4 is 14.2 Å². The van der Waals surface area contributed by atoms with Crippen LogP contribution in [0, 0.1) is 0 Å². The Morgan fingerprint density at radius 1 is 0.962 bits per heavy atom. The molecular formula is C18H14ClNO5S. The summed E-state index contributed by atoms with van der Waals surface area (Å²) in [6, 6.07) is 12.7. The van der Waals surface area contributed by atoms with Crippen LogP contribution >= 0.6 is 11.6 Å². The molecule has 8 heteroatoms. The van der Waals surface area contributed by atoms with Crippen LogP contribution in [0.4, 0.5) is 5.69 Å². The highest BCUT2D eigenvalue weighted by Crippen LogP contribution is 2.39. The van der Waals surface area contributed by atoms with E-state index in [-0.39, 0.29) is 21.4 Å². The molecule has 1 aliphatic heterocycles. The van der Waals surface area contributed by atoms with Gasteiger partial charge in [0.05, 0.1) is 15.6 Å². The van der Waals surface area contributed by atoms with Gasteiger partial charge in [-0.2, -0.15) is 0 Å². The van der Waals surface area contributed by atoms with E-state index in [1.165, 1.54) is 18.2 Å². The molecule has 0 saturated heterocycles. The number of rotatable bonds is 3. The van der Waals surface area contributed by atoms with Gasteiger partial charge >= 0.3 is 0 Å². The van der Waals surface area contributed by atoms with E-state index in [1.807, 2.05) is 0 Å². The minimum Gasteiger partial charge on any atom is -0.506 e. The highest BCUT2D eigenvalue weighted by atomic mass is 35.5. The van der Waals surface area contributed by atoms with Crippen LogP contribution in [-0.2, 0) is 10.0 Å². The van der Waals surface area contributed by atoms with Crippen molar-refractivity contribution in [3.63, 3.8) is 0 Å². The quantitative estimate of drug-likeness (QED) is 0.664. The summed E-state index contributed by atoms with van der Waals surface area (Å²) in [5, 5.41) is 11.1. The van der Waals surface area contributed by atoms with Crippen LogP contribution in [0.5, 0.6) is 17.2 Å². The molecule has 0 aromatic heterocycles. The molecule has 0 amide bonds. The molecule has 6 nitrogen and oxygen atoms in total. The molecule has 0 radical (unpaired) electrons. The number of ether oxygens (including phenoxy) is 2. The van der Waals surface area contributed by atoms with Gasteiger partial charge in [0.15, 0.2) is 11.5 Å². The predicted octanol–water partition coefficient (Wildman–Crippen LogP) is 3.77. The van der Waals surface area contributed by atoms with E-state index >= 15 is 0 Å². The zero-order chi connectivity index (χ0) is 18.3. The summed E-state index contributed by atoms with van der Waals surface area (Å²) < 4.78 is 39.0. The number of anilines is 1. The van der Waals surface area contributed by atoms with Gasteiger partial charge in [0.1, 0.15) is 19.0 Å². The van der Waals surface area contributed by atoms with Crippen molar-refractivity contribution >= 4 is 38.1 Å². The van der Waals surface area contributed by atoms with Gasteiger partial charge in [0.2, 0.25) is 0 Å². The van der Waals surface area contributed by atoms with Crippen LogP contribution in [-0.4, -0.2) is 26.7 Å². The maximum atomic E-state index is 12.8. The molecule has 0 fully saturated rings. The van der Waals surface area contributed by atoms with E-state index in [2.05, 4.69) is 4.72 Å². The lowest BCUT2D eigenvalue weighted by atomic mass is 10.1. The first-order valence-corrected chi connectivity index (χ1v) is 9.64. The van der Waals surface area contributed by atoms with Crippen molar-refractivity contribution in [3.8, 4) is 17.2 Å². The number of hydrogen-bond donors (Lipinski definition) is 2. The second-order valence-electron chi connectivity index (χ2n) is 5.71. The molecule has 26 heavy (non-hydrogen) atoms. The van der Waals surface area contributed by atoms with E-state index in [4.69, 9.17) is 21.1 Å². The Balaban J connectivity index is 1.77. The van der Waals surface area contributed by atoms with Gasteiger partial charge in [-0.3, -0.25) is 4.72 Å². The van der Waals surface area contributed by atoms with Crippen LogP contribution in [0.15, 0.2) is 53.4 Å². The summed E-state index contributed by atoms with van der Waals surface area (Å²) in [5.74, 6) is 0.797. The topological polar surface area (TPSA) is 84.9 Å². The Morgan fingerprint density at radius 3 is 2.42 bits per heavy atom. The molecule has 2 N–H and O–H groups in total. The summed E-state index contributed by atoms with van der Waals surface area (Å²) >= 11 is 6.04. The largest absolute Gasteiger partial charge is 0.506 e. The first-order valence-electron chi connectivity index (χ1n) is 7.78. The van der Waals surface area contributed by atoms with E-state index in [0.29, 0.717) is 35.5 Å². The number of phenolic OH excluding ortho intramolecular Hbond substituents is 1. The Bertz CT molecular complexity index is 1110. The summed E-state index contributed by atoms with van der Waals surface area (Å²) in [6.07, 6.45) is 0. The fourth-order valence-corrected chi connectivity index (χ4v) is 4.10. The van der Waals surface area contributed by atoms with Crippen molar-refractivity contribution in [2.24, 2.45) is 0 Å². The van der Waals surface area contributed by atoms with Gasteiger partial charge in [0, 0.05) is 16.8 Å². The SMILES string of the molecule is O=S(=O)(Nc1cc(Cl)c(O)c2ccccc12)c1ccc2c(c1)OCCO2. The zero-order valence-corrected chi connectivity index (χ0v) is 15.0. The van der Waals surface area contributed by atoms with Gasteiger partial charge < -0.3 is 14.6 Å². The lowest BCUT2D eigenvalue weighted by molar-refractivity contribution is 0.171. The lowest BCUT2D eigenvalue weighted by Gasteiger charge is -2.19. The van der Waals surface area contributed by atoms with Crippen molar-refractivity contribution in [2.45, 2.75) is 4.90 Å². The molecule has 0 unspecified atom stereocenters. The minimum atomic E-state index is -3.89. The van der Waals surface area contributed by atoms with Gasteiger partial charge in [-0.05, 0) is 18.2 Å². The van der Waals surface area contributed by atoms with Crippen molar-refractivity contribution in [1.82, 2.24) is 0 Å². The second kappa shape index (κ2) is 6.26. The Hall–Kier alpha value is -2.64. The van der Waals surface area contributed by atoms with Crippen molar-refractivity contribution in [1.29, 1.82) is 0 Å². The third-order valence-electron chi connectivity index (χ3n) is 4.04. The molecule has 0 aliphatic carbocycles. The van der Waals surface area contributed by atoms with Crippen LogP contribution in [0.3, 0.4) is 0 Å². The Kier molecular flexibility index (Phi) is 4.05. The maximum Gasteiger partial charge on any atom is 0.262 e. The van der Waals surface area contributed by atoms with Gasteiger partial charge in [0.25, 0.3) is 10.0 Å². The van der Waals surface area contributed by atoms with Gasteiger partial charge in [-0.25, -0.2) is 8.42 Å². The molecule has 0 atom stereocenters. The van der Waals surface area contributed by atoms with E-state index in [1.54, 1.807) is 30.3 Å². The molecule has 0 saturated carbocycles. The minimum absolute atomic E-state index is 0.0371. The number of hydrogen-bond acceptors (Lipinski definition) is 5. The summed E-state index contributed by atoms with van der Waals surface area (Å²) in [5.41, 5.74) is 0.276. The average Bonchev–Trinajstić information content (AvgIpc) is 2.65. The van der Waals surface area contributed by atoms with Gasteiger partial charge in [-0.1, -0.05) is 35.9 Å². The standard InChI is InChI=1S/C18H14ClNO5S/c19-14-10-15(12-3-1-2-4-13(12)18(14)21)20-26(22,23)11-5-6-16-17(9-11)25-8-7-24-16/h1-6,9-10,20-21H,7-8H2. The summed E-state index contributed by atoms with van der Waals surface area (Å²) in [6.45, 7) is 0.789. The van der Waals surface area contributed by atoms with Gasteiger partial charge in [-0.15, -0.1) is 0 Å². The highest BCUT2D eigenvalue weighted by Gasteiger charge is 2.21. The Labute approximate surface area is 155 Å². The molecule has 0 bridgehead atoms. The molecule has 3 aromatic rings. The van der Waals surface area contributed by atoms with E-state index < -0.39 is 10.0 Å². The molecule has 1 heterocycles. The predicted molar refractivity (Wildman–Crippen MR) is 98.9 cm³/mol. The number of halogens is 1. The van der Waals surface area contributed by atoms with Crippen LogP contribution in [0.2, 0.25) is 5.02 Å². The third kappa shape index (κ3) is 2.89. The van der Waals surface area contributed by atoms with Crippen molar-refractivity contribution < 1.29 is 23.0 Å². The number of aromatic hydroxyl groups is 1. The fraction of sp³-hybridized carbons (Fsp3) is 0.111. The number of benzene rings is 3. The molecule has 4 rings (SSSR count). The second-order valence-corrected chi connectivity index (χ2v) is 7.80. The Morgan fingerprint density at radius 2 is 1.65 bits per heavy atom. The van der Waals surface area contributed by atoms with E-state index in [9.17, 15) is 13.5 Å². The highest BCUT2D eigenvalue weighted by molar-refractivity contribution is 7.92. The van der Waals surface area contributed by atoms with Crippen LogP contribution in [0.1, 0.15) is 0 Å². The number of nitrogens with one attached hydrogen (secondary N) is 1. The monoisotopic (exact) mass is 391 g/mol. The maximum absolute atomic E-state index is 12.8. The lowest BCUT2D eigenvalue weighted by Crippen LogP contribution is -2.17. The van der Waals surface area contributed by atoms with E-state index in [0.717, 1.165) is 0 Å². The van der Waals surface area contributed by atoms with Crippen molar-refractivity contribution in [2.75, 3.05) is 17.9 Å². The van der Waals surface area contributed by atoms with Crippen molar-refractivity contribution in [3.05, 3.63) is 53.6 Å². The normalized spacial score (nSPS) is 13.6. The number of sulfonamides is 1. The number of phenols is 1. The first-order chi connectivity index (χ1) is 12.5. The first kappa shape index (κ1) is 16.8. The molecule has 3 aromatic carbocycles. The molecule has 134 valence electrons. The molecule has 0 spiro atoms. The summed E-state index contributed by atoms with van der Waals surface area (Å²) in [4.78, 5) is 0.0371.